The van der Waals surface area contributed by atoms with Crippen LogP contribution in [-0.2, 0) is 19.3 Å². The Morgan fingerprint density at radius 1 is 0.735 bits per heavy atom. The van der Waals surface area contributed by atoms with Gasteiger partial charge in [-0.05, 0) is 110 Å². The fraction of sp³-hybridized carbons (Fsp3) is 0.412. The molecule has 0 nitrogen and oxygen atoms in total. The zero-order valence-electron chi connectivity index (χ0n) is 21.3. The average molecular weight is 451 g/mol. The molecule has 1 fully saturated rings. The lowest BCUT2D eigenvalue weighted by Gasteiger charge is -2.29. The molecule has 0 aliphatic heterocycles. The molecule has 1 aliphatic rings. The molecule has 3 aromatic carbocycles. The van der Waals surface area contributed by atoms with E-state index >= 15 is 0 Å². The highest BCUT2D eigenvalue weighted by atomic mass is 14.3. The minimum absolute atomic E-state index is 0.567. The van der Waals surface area contributed by atoms with Gasteiger partial charge in [-0.1, -0.05) is 97.9 Å². The third-order valence-corrected chi connectivity index (χ3v) is 7.91. The highest BCUT2D eigenvalue weighted by Gasteiger charge is 2.22. The van der Waals surface area contributed by atoms with Gasteiger partial charge in [0.05, 0.1) is 0 Å². The normalized spacial score (nSPS) is 19.4. The van der Waals surface area contributed by atoms with Crippen LogP contribution in [0.15, 0.2) is 91.0 Å². The summed E-state index contributed by atoms with van der Waals surface area (Å²) in [5.74, 6) is 2.22. The largest absolute Gasteiger partial charge is 0.0917 e. The Morgan fingerprint density at radius 2 is 1.35 bits per heavy atom. The monoisotopic (exact) mass is 450 g/mol. The van der Waals surface area contributed by atoms with Crippen LogP contribution < -0.4 is 0 Å². The Balaban J connectivity index is 1.20. The minimum atomic E-state index is 0.567. The van der Waals surface area contributed by atoms with Crippen molar-refractivity contribution in [2.24, 2.45) is 5.92 Å². The third kappa shape index (κ3) is 7.20. The maximum atomic E-state index is 2.41. The molecular formula is C34H42. The Hall–Kier alpha value is -2.60. The first-order valence-corrected chi connectivity index (χ1v) is 13.5. The van der Waals surface area contributed by atoms with Crippen LogP contribution in [0, 0.1) is 5.92 Å². The van der Waals surface area contributed by atoms with Crippen LogP contribution in [0.25, 0.3) is 0 Å². The molecule has 1 atom stereocenters. The van der Waals surface area contributed by atoms with E-state index in [1.807, 2.05) is 0 Å². The van der Waals surface area contributed by atoms with E-state index in [4.69, 9.17) is 0 Å². The maximum absolute atomic E-state index is 2.41. The predicted molar refractivity (Wildman–Crippen MR) is 148 cm³/mol. The molecule has 0 heteroatoms. The summed E-state index contributed by atoms with van der Waals surface area (Å²) in [7, 11) is 0. The second kappa shape index (κ2) is 12.7. The first kappa shape index (κ1) is 24.5. The molecule has 0 unspecified atom stereocenters. The zero-order valence-corrected chi connectivity index (χ0v) is 21.3. The van der Waals surface area contributed by atoms with Gasteiger partial charge in [-0.3, -0.25) is 0 Å². The summed E-state index contributed by atoms with van der Waals surface area (Å²) in [5, 5.41) is 0. The van der Waals surface area contributed by atoms with E-state index in [1.54, 1.807) is 5.56 Å². The number of aryl methyl sites for hydroxylation is 2. The SMILES string of the molecule is CC=CCCc1ccc(CCC2CCC(c3ccc(C[C@H](C)c4ccccc4)cc3)CC2)cc1. The molecule has 0 heterocycles. The van der Waals surface area contributed by atoms with Gasteiger partial charge < -0.3 is 0 Å². The second-order valence-corrected chi connectivity index (χ2v) is 10.4. The molecule has 1 aliphatic carbocycles. The van der Waals surface area contributed by atoms with E-state index < -0.39 is 0 Å². The van der Waals surface area contributed by atoms with E-state index in [2.05, 4.69) is 105 Å². The number of rotatable bonds is 10. The molecule has 1 saturated carbocycles. The van der Waals surface area contributed by atoms with Gasteiger partial charge in [0.1, 0.15) is 0 Å². The quantitative estimate of drug-likeness (QED) is 0.270. The molecule has 0 bridgehead atoms. The van der Waals surface area contributed by atoms with Gasteiger partial charge in [0, 0.05) is 0 Å². The van der Waals surface area contributed by atoms with Crippen molar-refractivity contribution in [1.29, 1.82) is 0 Å². The Kier molecular flexibility index (Phi) is 9.19. The fourth-order valence-corrected chi connectivity index (χ4v) is 5.62. The van der Waals surface area contributed by atoms with Crippen LogP contribution in [0.4, 0.5) is 0 Å². The molecule has 3 aromatic rings. The van der Waals surface area contributed by atoms with Gasteiger partial charge in [0.15, 0.2) is 0 Å². The third-order valence-electron chi connectivity index (χ3n) is 7.91. The van der Waals surface area contributed by atoms with E-state index in [9.17, 15) is 0 Å². The topological polar surface area (TPSA) is 0 Å². The van der Waals surface area contributed by atoms with Crippen molar-refractivity contribution in [1.82, 2.24) is 0 Å². The van der Waals surface area contributed by atoms with Crippen LogP contribution in [-0.4, -0.2) is 0 Å². The van der Waals surface area contributed by atoms with Crippen molar-refractivity contribution in [2.45, 2.75) is 83.5 Å². The lowest BCUT2D eigenvalue weighted by molar-refractivity contribution is 0.310. The van der Waals surface area contributed by atoms with Crippen molar-refractivity contribution in [3.63, 3.8) is 0 Å². The van der Waals surface area contributed by atoms with Gasteiger partial charge in [0.2, 0.25) is 0 Å². The molecule has 0 radical (unpaired) electrons. The van der Waals surface area contributed by atoms with E-state index in [1.165, 1.54) is 60.8 Å². The van der Waals surface area contributed by atoms with Crippen molar-refractivity contribution < 1.29 is 0 Å². The smallest absolute Gasteiger partial charge is 0.0150 e. The second-order valence-electron chi connectivity index (χ2n) is 10.4. The first-order valence-electron chi connectivity index (χ1n) is 13.5. The van der Waals surface area contributed by atoms with Gasteiger partial charge in [-0.2, -0.15) is 0 Å². The van der Waals surface area contributed by atoms with Crippen LogP contribution in [0.3, 0.4) is 0 Å². The molecule has 0 aromatic heterocycles. The minimum Gasteiger partial charge on any atom is -0.0917 e. The summed E-state index contributed by atoms with van der Waals surface area (Å²) < 4.78 is 0. The molecule has 0 N–H and O–H groups in total. The molecule has 0 spiro atoms. The van der Waals surface area contributed by atoms with Crippen molar-refractivity contribution in [2.75, 3.05) is 0 Å². The lowest BCUT2D eigenvalue weighted by Crippen LogP contribution is -2.14. The summed E-state index contributed by atoms with van der Waals surface area (Å²) in [6.07, 6.45) is 15.9. The summed E-state index contributed by atoms with van der Waals surface area (Å²) in [5.41, 5.74) is 7.43. The van der Waals surface area contributed by atoms with E-state index in [0.717, 1.165) is 31.1 Å². The molecular weight excluding hydrogens is 408 g/mol. The van der Waals surface area contributed by atoms with E-state index in [0.29, 0.717) is 5.92 Å². The lowest BCUT2D eigenvalue weighted by atomic mass is 9.76. The van der Waals surface area contributed by atoms with Crippen LogP contribution >= 0.6 is 0 Å². The van der Waals surface area contributed by atoms with Crippen LogP contribution in [0.1, 0.15) is 92.0 Å². The zero-order chi connectivity index (χ0) is 23.6. The highest BCUT2D eigenvalue weighted by molar-refractivity contribution is 5.29. The maximum Gasteiger partial charge on any atom is -0.0150 e. The average Bonchev–Trinajstić information content (AvgIpc) is 2.90. The van der Waals surface area contributed by atoms with Gasteiger partial charge >= 0.3 is 0 Å². The summed E-state index contributed by atoms with van der Waals surface area (Å²) in [4.78, 5) is 0. The molecule has 178 valence electrons. The summed E-state index contributed by atoms with van der Waals surface area (Å²) in [6, 6.07) is 29.9. The predicted octanol–water partition coefficient (Wildman–Crippen LogP) is 9.45. The summed E-state index contributed by atoms with van der Waals surface area (Å²) in [6.45, 7) is 4.44. The van der Waals surface area contributed by atoms with Crippen molar-refractivity contribution in [3.8, 4) is 0 Å². The fourth-order valence-electron chi connectivity index (χ4n) is 5.62. The molecule has 0 amide bonds. The molecule has 4 rings (SSSR count). The number of allylic oxidation sites excluding steroid dienone is 2. The van der Waals surface area contributed by atoms with Crippen molar-refractivity contribution >= 4 is 0 Å². The number of hydrogen-bond acceptors (Lipinski definition) is 0. The Bertz CT molecular complexity index is 986. The van der Waals surface area contributed by atoms with Gasteiger partial charge in [-0.15, -0.1) is 0 Å². The molecule has 34 heavy (non-hydrogen) atoms. The standard InChI is InChI=1S/C34H42/c1-3-4-6-9-28-12-14-29(15-13-28)16-17-30-18-22-33(23-19-30)34-24-20-31(21-25-34)26-27(2)32-10-7-5-8-11-32/h3-5,7-8,10-15,20-21,24-25,27,30,33H,6,9,16-19,22-23,26H2,1-2H3/t27-,30?,33?/m0/s1. The Morgan fingerprint density at radius 3 is 2.00 bits per heavy atom. The molecule has 0 saturated heterocycles. The Labute approximate surface area is 208 Å². The van der Waals surface area contributed by atoms with Crippen molar-refractivity contribution in [3.05, 3.63) is 119 Å². The van der Waals surface area contributed by atoms with E-state index in [-0.39, 0.29) is 0 Å². The number of hydrogen-bond donors (Lipinski definition) is 0. The summed E-state index contributed by atoms with van der Waals surface area (Å²) >= 11 is 0. The van der Waals surface area contributed by atoms with Crippen LogP contribution in [0.5, 0.6) is 0 Å². The first-order chi connectivity index (χ1) is 16.7. The highest BCUT2D eigenvalue weighted by Crippen LogP contribution is 2.37. The van der Waals surface area contributed by atoms with Gasteiger partial charge in [0.25, 0.3) is 0 Å². The van der Waals surface area contributed by atoms with Crippen LogP contribution in [0.2, 0.25) is 0 Å². The van der Waals surface area contributed by atoms with Gasteiger partial charge in [-0.25, -0.2) is 0 Å². The number of benzene rings is 3.